The molecule has 106 valence electrons. The molecule has 0 atom stereocenters. The van der Waals surface area contributed by atoms with E-state index < -0.39 is 11.6 Å². The predicted octanol–water partition coefficient (Wildman–Crippen LogP) is 5.49. The minimum atomic E-state index is -0.627. The van der Waals surface area contributed by atoms with Gasteiger partial charge in [0.15, 0.2) is 5.13 Å². The number of anilines is 2. The van der Waals surface area contributed by atoms with E-state index in [9.17, 15) is 8.78 Å². The van der Waals surface area contributed by atoms with Gasteiger partial charge in [0.2, 0.25) is 0 Å². The van der Waals surface area contributed by atoms with E-state index in [1.807, 2.05) is 12.1 Å². The average Bonchev–Trinajstić information content (AvgIpc) is 2.90. The second kappa shape index (κ2) is 5.79. The van der Waals surface area contributed by atoms with Gasteiger partial charge in [0.1, 0.15) is 11.6 Å². The lowest BCUT2D eigenvalue weighted by Gasteiger charge is -2.02. The van der Waals surface area contributed by atoms with Crippen molar-refractivity contribution in [2.45, 2.75) is 0 Å². The molecule has 0 amide bonds. The Kier molecular flexibility index (Phi) is 3.86. The Balaban J connectivity index is 1.84. The third-order valence-corrected chi connectivity index (χ3v) is 3.82. The van der Waals surface area contributed by atoms with E-state index in [-0.39, 0.29) is 5.56 Å². The summed E-state index contributed by atoms with van der Waals surface area (Å²) in [4.78, 5) is 4.30. The van der Waals surface area contributed by atoms with Crippen molar-refractivity contribution in [3.8, 4) is 11.3 Å². The number of nitrogens with one attached hydrogen (secondary N) is 1. The number of benzene rings is 2. The number of nitrogens with zero attached hydrogens (tertiary/aromatic N) is 1. The van der Waals surface area contributed by atoms with Crippen molar-refractivity contribution in [3.63, 3.8) is 0 Å². The lowest BCUT2D eigenvalue weighted by molar-refractivity contribution is 0.585. The molecule has 2 nitrogen and oxygen atoms in total. The van der Waals surface area contributed by atoms with Crippen LogP contribution in [0.1, 0.15) is 0 Å². The van der Waals surface area contributed by atoms with Crippen molar-refractivity contribution in [2.75, 3.05) is 5.32 Å². The van der Waals surface area contributed by atoms with Crippen LogP contribution in [0.15, 0.2) is 47.8 Å². The third-order valence-electron chi connectivity index (χ3n) is 2.81. The monoisotopic (exact) mass is 322 g/mol. The zero-order valence-electron chi connectivity index (χ0n) is 10.6. The maximum atomic E-state index is 13.7. The topological polar surface area (TPSA) is 24.9 Å². The molecular weight excluding hydrogens is 314 g/mol. The van der Waals surface area contributed by atoms with Gasteiger partial charge in [-0.25, -0.2) is 13.8 Å². The molecule has 3 aromatic rings. The van der Waals surface area contributed by atoms with Crippen LogP contribution in [0.5, 0.6) is 0 Å². The lowest BCUT2D eigenvalue weighted by atomic mass is 10.1. The number of halogens is 3. The SMILES string of the molecule is Fc1ccc(-c2csc(Nc3ccc(Cl)cc3)n2)c(F)c1. The molecule has 0 aliphatic heterocycles. The van der Waals surface area contributed by atoms with E-state index in [2.05, 4.69) is 10.3 Å². The summed E-state index contributed by atoms with van der Waals surface area (Å²) in [6.45, 7) is 0. The van der Waals surface area contributed by atoms with Gasteiger partial charge in [0.25, 0.3) is 0 Å². The highest BCUT2D eigenvalue weighted by Crippen LogP contribution is 2.29. The van der Waals surface area contributed by atoms with E-state index >= 15 is 0 Å². The van der Waals surface area contributed by atoms with Crippen LogP contribution in [0, 0.1) is 11.6 Å². The fourth-order valence-corrected chi connectivity index (χ4v) is 2.67. The molecule has 1 N–H and O–H groups in total. The molecule has 0 radical (unpaired) electrons. The lowest BCUT2D eigenvalue weighted by Crippen LogP contribution is -1.90. The highest BCUT2D eigenvalue weighted by molar-refractivity contribution is 7.14. The van der Waals surface area contributed by atoms with E-state index in [0.717, 1.165) is 11.8 Å². The van der Waals surface area contributed by atoms with Gasteiger partial charge in [0, 0.05) is 27.7 Å². The highest BCUT2D eigenvalue weighted by Gasteiger charge is 2.10. The normalized spacial score (nSPS) is 10.6. The number of thiazole rings is 1. The summed E-state index contributed by atoms with van der Waals surface area (Å²) in [5.41, 5.74) is 1.57. The van der Waals surface area contributed by atoms with Gasteiger partial charge in [-0.05, 0) is 36.4 Å². The number of aromatic nitrogens is 1. The van der Waals surface area contributed by atoms with Crippen molar-refractivity contribution in [1.29, 1.82) is 0 Å². The van der Waals surface area contributed by atoms with Crippen molar-refractivity contribution in [1.82, 2.24) is 4.98 Å². The first-order valence-electron chi connectivity index (χ1n) is 6.05. The Morgan fingerprint density at radius 1 is 1.05 bits per heavy atom. The summed E-state index contributed by atoms with van der Waals surface area (Å²) in [5, 5.41) is 6.09. The average molecular weight is 323 g/mol. The van der Waals surface area contributed by atoms with Crippen molar-refractivity contribution >= 4 is 33.8 Å². The fourth-order valence-electron chi connectivity index (χ4n) is 1.81. The Bertz CT molecular complexity index is 772. The van der Waals surface area contributed by atoms with Crippen LogP contribution >= 0.6 is 22.9 Å². The van der Waals surface area contributed by atoms with Crippen molar-refractivity contribution < 1.29 is 8.78 Å². The molecule has 6 heteroatoms. The Morgan fingerprint density at radius 2 is 1.81 bits per heavy atom. The maximum Gasteiger partial charge on any atom is 0.187 e. The number of hydrogen-bond donors (Lipinski definition) is 1. The zero-order chi connectivity index (χ0) is 14.8. The first kappa shape index (κ1) is 14.0. The van der Waals surface area contributed by atoms with Gasteiger partial charge >= 0.3 is 0 Å². The molecule has 0 fully saturated rings. The van der Waals surface area contributed by atoms with Crippen LogP contribution in [0.25, 0.3) is 11.3 Å². The van der Waals surface area contributed by atoms with E-state index in [1.165, 1.54) is 23.5 Å². The van der Waals surface area contributed by atoms with Gasteiger partial charge in [-0.15, -0.1) is 11.3 Å². The van der Waals surface area contributed by atoms with Crippen LogP contribution < -0.4 is 5.32 Å². The second-order valence-corrected chi connectivity index (χ2v) is 5.59. The smallest absolute Gasteiger partial charge is 0.187 e. The highest BCUT2D eigenvalue weighted by atomic mass is 35.5. The van der Waals surface area contributed by atoms with Crippen molar-refractivity contribution in [3.05, 3.63) is 64.5 Å². The minimum Gasteiger partial charge on any atom is -0.332 e. The summed E-state index contributed by atoms with van der Waals surface area (Å²) in [6, 6.07) is 10.6. The number of rotatable bonds is 3. The molecule has 0 saturated heterocycles. The van der Waals surface area contributed by atoms with E-state index in [1.54, 1.807) is 17.5 Å². The molecular formula is C15H9ClF2N2S. The molecule has 1 heterocycles. The summed E-state index contributed by atoms with van der Waals surface area (Å²) in [7, 11) is 0. The largest absolute Gasteiger partial charge is 0.332 e. The fraction of sp³-hybridized carbons (Fsp3) is 0. The summed E-state index contributed by atoms with van der Waals surface area (Å²) >= 11 is 7.16. The molecule has 0 aliphatic rings. The zero-order valence-corrected chi connectivity index (χ0v) is 12.2. The standard InChI is InChI=1S/C15H9ClF2N2S/c16-9-1-4-11(5-2-9)19-15-20-14(8-21-15)12-6-3-10(17)7-13(12)18/h1-8H,(H,19,20). The summed E-state index contributed by atoms with van der Waals surface area (Å²) in [5.74, 6) is -1.23. The molecule has 2 aromatic carbocycles. The van der Waals surface area contributed by atoms with Gasteiger partial charge in [-0.2, -0.15) is 0 Å². The number of hydrogen-bond acceptors (Lipinski definition) is 3. The van der Waals surface area contributed by atoms with E-state index in [0.29, 0.717) is 15.8 Å². The van der Waals surface area contributed by atoms with Gasteiger partial charge < -0.3 is 5.32 Å². The third kappa shape index (κ3) is 3.20. The van der Waals surface area contributed by atoms with E-state index in [4.69, 9.17) is 11.6 Å². The van der Waals surface area contributed by atoms with Gasteiger partial charge in [-0.1, -0.05) is 11.6 Å². The minimum absolute atomic E-state index is 0.275. The molecule has 0 aliphatic carbocycles. The van der Waals surface area contributed by atoms with Crippen LogP contribution in [0.4, 0.5) is 19.6 Å². The summed E-state index contributed by atoms with van der Waals surface area (Å²) < 4.78 is 26.6. The quantitative estimate of drug-likeness (QED) is 0.690. The predicted molar refractivity (Wildman–Crippen MR) is 82.2 cm³/mol. The molecule has 0 bridgehead atoms. The van der Waals surface area contributed by atoms with Crippen LogP contribution in [-0.4, -0.2) is 4.98 Å². The molecule has 0 unspecified atom stereocenters. The first-order chi connectivity index (χ1) is 10.1. The first-order valence-corrected chi connectivity index (χ1v) is 7.31. The van der Waals surface area contributed by atoms with Crippen LogP contribution in [0.3, 0.4) is 0 Å². The maximum absolute atomic E-state index is 13.7. The van der Waals surface area contributed by atoms with Crippen LogP contribution in [-0.2, 0) is 0 Å². The van der Waals surface area contributed by atoms with Crippen LogP contribution in [0.2, 0.25) is 5.02 Å². The summed E-state index contributed by atoms with van der Waals surface area (Å²) in [6.07, 6.45) is 0. The molecule has 21 heavy (non-hydrogen) atoms. The Labute approximate surface area is 129 Å². The van der Waals surface area contributed by atoms with Gasteiger partial charge in [-0.3, -0.25) is 0 Å². The molecule has 3 rings (SSSR count). The molecule has 1 aromatic heterocycles. The molecule has 0 saturated carbocycles. The Morgan fingerprint density at radius 3 is 2.52 bits per heavy atom. The second-order valence-electron chi connectivity index (χ2n) is 4.29. The van der Waals surface area contributed by atoms with Gasteiger partial charge in [0.05, 0.1) is 5.69 Å². The molecule has 0 spiro atoms. The van der Waals surface area contributed by atoms with Crippen molar-refractivity contribution in [2.24, 2.45) is 0 Å². The Hall–Kier alpha value is -1.98.